The first-order valence-corrected chi connectivity index (χ1v) is 20.0. The van der Waals surface area contributed by atoms with Crippen LogP contribution in [0, 0.1) is 0 Å². The minimum Gasteiger partial charge on any atom is -0.386 e. The molecule has 0 spiro atoms. The topological polar surface area (TPSA) is 64.6 Å². The summed E-state index contributed by atoms with van der Waals surface area (Å²) < 4.78 is 38.5. The molecule has 0 radical (unpaired) electrons. The first-order valence-electron chi connectivity index (χ1n) is 9.42. The Balaban J connectivity index is 0. The minimum atomic E-state index is -2.73. The van der Waals surface area contributed by atoms with Crippen molar-refractivity contribution in [1.29, 1.82) is 0 Å². The lowest BCUT2D eigenvalue weighted by atomic mass is 10.9. The fraction of sp³-hybridized carbons (Fsp3) is 1.00. The van der Waals surface area contributed by atoms with Crippen molar-refractivity contribution in [3.8, 4) is 0 Å². The lowest BCUT2D eigenvalue weighted by Crippen LogP contribution is -2.45. The van der Waals surface area contributed by atoms with E-state index in [0.29, 0.717) is 73.7 Å². The van der Waals surface area contributed by atoms with Gasteiger partial charge in [-0.1, -0.05) is 22.4 Å². The predicted octanol–water partition coefficient (Wildman–Crippen LogP) is 3.38. The average molecular weight is 611 g/mol. The zero-order valence-electron chi connectivity index (χ0n) is 18.4. The number of hydrogen-bond donors (Lipinski definition) is 5. The molecule has 16 heteroatoms. The van der Waals surface area contributed by atoms with Gasteiger partial charge in [-0.2, -0.15) is 63.1 Å². The zero-order chi connectivity index (χ0) is 23.8. The Kier molecular flexibility index (Phi) is 29.6. The molecule has 0 unspecified atom stereocenters. The molecule has 0 aromatic carbocycles. The highest BCUT2D eigenvalue weighted by molar-refractivity contribution is 8.27. The van der Waals surface area contributed by atoms with Crippen LogP contribution in [-0.4, -0.2) is 104 Å². The van der Waals surface area contributed by atoms with Gasteiger partial charge in [0.2, 0.25) is 0 Å². The van der Waals surface area contributed by atoms with Crippen LogP contribution in [0.15, 0.2) is 0 Å². The van der Waals surface area contributed by atoms with E-state index in [2.05, 4.69) is 63.1 Å². The zero-order valence-corrected chi connectivity index (χ0v) is 26.5. The predicted molar refractivity (Wildman–Crippen MR) is 155 cm³/mol. The molecule has 0 aliphatic carbocycles. The van der Waals surface area contributed by atoms with E-state index in [1.807, 2.05) is 6.55 Å². The molecule has 0 rings (SSSR count). The van der Waals surface area contributed by atoms with Crippen LogP contribution in [0.3, 0.4) is 0 Å². The highest BCUT2D eigenvalue weighted by Gasteiger charge is 2.43. The van der Waals surface area contributed by atoms with Crippen LogP contribution >= 0.6 is 85.6 Å². The summed E-state index contributed by atoms with van der Waals surface area (Å²) >= 11 is 23.6. The van der Waals surface area contributed by atoms with E-state index >= 15 is 0 Å². The molecule has 0 aliphatic heterocycles. The monoisotopic (exact) mass is 610 g/mol. The first kappa shape index (κ1) is 35.8. The van der Waals surface area contributed by atoms with Gasteiger partial charge in [-0.3, -0.25) is 0 Å². The molecule has 0 aliphatic rings. The van der Waals surface area contributed by atoms with E-state index in [0.717, 1.165) is 0 Å². The van der Waals surface area contributed by atoms with Crippen LogP contribution in [0.25, 0.3) is 0 Å². The van der Waals surface area contributed by atoms with Crippen LogP contribution < -0.4 is 0 Å². The average Bonchev–Trinajstić information content (AvgIpc) is 2.79. The van der Waals surface area contributed by atoms with Gasteiger partial charge in [0.1, 0.15) is 0 Å². The largest absolute Gasteiger partial charge is 0.575 e. The molecule has 0 fully saturated rings. The fourth-order valence-corrected chi connectivity index (χ4v) is 10.6. The van der Waals surface area contributed by atoms with Gasteiger partial charge in [0.15, 0.2) is 0 Å². The van der Waals surface area contributed by atoms with Crippen molar-refractivity contribution in [3.63, 3.8) is 0 Å². The van der Waals surface area contributed by atoms with Gasteiger partial charge < -0.3 is 31.6 Å². The molecule has 0 aromatic rings. The summed E-state index contributed by atoms with van der Waals surface area (Å²) in [5, 5.41) is 0. The molecule has 31 heavy (non-hydrogen) atoms. The summed E-state index contributed by atoms with van der Waals surface area (Å²) in [6.07, 6.45) is 0. The number of rotatable bonds is 21. The standard InChI is InChI=1S/C8H20O4S4Si.C7H18O3S3Si/c1-9-8-16-17(10-2-5-13,11-3-6-14)12-4-7-15;1-8-7-13-14(2,9-3-5-11)10-4-6-12/h13-15H,2-8H2,1H3;11-12H,3-7H2,1-2H3. The third-order valence-corrected chi connectivity index (χ3v) is 13.6. The molecule has 0 aromatic heterocycles. The summed E-state index contributed by atoms with van der Waals surface area (Å²) in [5.74, 6) is 4.35. The Morgan fingerprint density at radius 2 is 0.871 bits per heavy atom. The Morgan fingerprint density at radius 1 is 0.548 bits per heavy atom. The molecule has 0 atom stereocenters. The van der Waals surface area contributed by atoms with Crippen LogP contribution in [0.5, 0.6) is 0 Å². The van der Waals surface area contributed by atoms with Gasteiger partial charge in [0.05, 0.1) is 11.9 Å². The van der Waals surface area contributed by atoms with E-state index in [-0.39, 0.29) is 0 Å². The van der Waals surface area contributed by atoms with Crippen LogP contribution in [0.4, 0.5) is 0 Å². The smallest absolute Gasteiger partial charge is 0.386 e. The fourth-order valence-electron chi connectivity index (χ4n) is 1.65. The van der Waals surface area contributed by atoms with Gasteiger partial charge in [-0.25, -0.2) is 0 Å². The molecular weight excluding hydrogens is 573 g/mol. The summed E-state index contributed by atoms with van der Waals surface area (Å²) in [6, 6.07) is 0. The molecule has 0 bridgehead atoms. The highest BCUT2D eigenvalue weighted by Crippen LogP contribution is 2.25. The molecule has 7 nitrogen and oxygen atoms in total. The first-order chi connectivity index (χ1) is 14.9. The third kappa shape index (κ3) is 21.6. The Hall–Kier alpha value is 2.60. The maximum absolute atomic E-state index is 5.72. The van der Waals surface area contributed by atoms with Gasteiger partial charge in [0.25, 0.3) is 0 Å². The van der Waals surface area contributed by atoms with Gasteiger partial charge in [0, 0.05) is 76.0 Å². The van der Waals surface area contributed by atoms with E-state index in [1.165, 1.54) is 11.2 Å². The highest BCUT2D eigenvalue weighted by atomic mass is 32.4. The van der Waals surface area contributed by atoms with Gasteiger partial charge in [-0.15, -0.1) is 0 Å². The van der Waals surface area contributed by atoms with Crippen molar-refractivity contribution in [2.45, 2.75) is 6.55 Å². The van der Waals surface area contributed by atoms with Crippen molar-refractivity contribution in [1.82, 2.24) is 0 Å². The van der Waals surface area contributed by atoms with Gasteiger partial charge >= 0.3 is 15.7 Å². The van der Waals surface area contributed by atoms with Gasteiger partial charge in [-0.05, 0) is 6.55 Å². The quantitative estimate of drug-likeness (QED) is 0.0765. The third-order valence-electron chi connectivity index (χ3n) is 2.81. The molecule has 0 amide bonds. The second kappa shape index (κ2) is 25.7. The summed E-state index contributed by atoms with van der Waals surface area (Å²) in [6.45, 7) is 4.73. The molecular formula is C15H38O7S7Si2. The van der Waals surface area contributed by atoms with Crippen molar-refractivity contribution < 1.29 is 31.6 Å². The van der Waals surface area contributed by atoms with Crippen LogP contribution in [0.1, 0.15) is 0 Å². The Morgan fingerprint density at radius 3 is 1.19 bits per heavy atom. The normalized spacial score (nSPS) is 12.0. The van der Waals surface area contributed by atoms with E-state index in [9.17, 15) is 0 Å². The molecule has 0 saturated heterocycles. The molecule has 0 heterocycles. The molecule has 0 saturated carbocycles. The number of hydrogen-bond acceptors (Lipinski definition) is 14. The second-order valence-electron chi connectivity index (χ2n) is 5.32. The van der Waals surface area contributed by atoms with E-state index in [1.54, 1.807) is 25.4 Å². The van der Waals surface area contributed by atoms with E-state index in [4.69, 9.17) is 31.6 Å². The summed E-state index contributed by atoms with van der Waals surface area (Å²) in [4.78, 5) is 0. The maximum atomic E-state index is 5.72. The number of thiol groups is 5. The minimum absolute atomic E-state index is 0.470. The van der Waals surface area contributed by atoms with Crippen LogP contribution in [-0.2, 0) is 31.6 Å². The number of ether oxygens (including phenoxy) is 2. The molecule has 0 N–H and O–H groups in total. The Bertz CT molecular complexity index is 323. The van der Waals surface area contributed by atoms with E-state index < -0.39 is 15.7 Å². The van der Waals surface area contributed by atoms with Crippen molar-refractivity contribution in [3.05, 3.63) is 0 Å². The van der Waals surface area contributed by atoms with Crippen molar-refractivity contribution >= 4 is 101 Å². The summed E-state index contributed by atoms with van der Waals surface area (Å²) in [5.41, 5.74) is 0. The Labute approximate surface area is 225 Å². The maximum Gasteiger partial charge on any atom is 0.575 e. The van der Waals surface area contributed by atoms with Crippen molar-refractivity contribution in [2.24, 2.45) is 0 Å². The number of methoxy groups -OCH3 is 2. The van der Waals surface area contributed by atoms with Crippen molar-refractivity contribution in [2.75, 3.05) is 87.9 Å². The molecule has 190 valence electrons. The summed E-state index contributed by atoms with van der Waals surface area (Å²) in [7, 11) is -1.56. The SMILES string of the molecule is COCS[Si](C)(OCCS)OCCS.COCS[Si](OCCS)(OCCS)OCCS. The van der Waals surface area contributed by atoms with Crippen LogP contribution in [0.2, 0.25) is 6.55 Å². The lowest BCUT2D eigenvalue weighted by molar-refractivity contribution is 0.0986. The lowest BCUT2D eigenvalue weighted by Gasteiger charge is -2.27. The second-order valence-corrected chi connectivity index (χ2v) is 18.2.